The van der Waals surface area contributed by atoms with Crippen LogP contribution < -0.4 is 10.9 Å². The predicted octanol–water partition coefficient (Wildman–Crippen LogP) is 1.67. The molecule has 0 atom stereocenters. The SMILES string of the molecule is CC(C)CNNC(=O)c1cccc(CN2CCN(CCO)CC2)c1-c1nc(C#N)ncc1Cl. The molecule has 1 aromatic heterocycles. The van der Waals surface area contributed by atoms with Crippen LogP contribution in [0.25, 0.3) is 11.3 Å². The number of hydrogen-bond donors (Lipinski definition) is 3. The van der Waals surface area contributed by atoms with E-state index in [9.17, 15) is 15.2 Å². The van der Waals surface area contributed by atoms with Gasteiger partial charge in [0.1, 0.15) is 6.07 Å². The van der Waals surface area contributed by atoms with Crippen LogP contribution in [-0.4, -0.2) is 76.7 Å². The fraction of sp³-hybridized carbons (Fsp3) is 0.478. The van der Waals surface area contributed by atoms with E-state index in [2.05, 4.69) is 44.5 Å². The number of rotatable bonds is 9. The number of nitrogens with one attached hydrogen (secondary N) is 2. The molecule has 0 bridgehead atoms. The molecule has 176 valence electrons. The number of carbonyl (C=O) groups is 1. The number of benzene rings is 1. The Hall–Kier alpha value is -2.61. The highest BCUT2D eigenvalue weighted by Crippen LogP contribution is 2.32. The molecule has 1 aliphatic heterocycles. The van der Waals surface area contributed by atoms with Crippen molar-refractivity contribution in [3.8, 4) is 17.3 Å². The first-order valence-corrected chi connectivity index (χ1v) is 11.4. The number of aromatic nitrogens is 2. The van der Waals surface area contributed by atoms with Gasteiger partial charge in [-0.25, -0.2) is 15.4 Å². The average Bonchev–Trinajstić information content (AvgIpc) is 2.80. The van der Waals surface area contributed by atoms with Gasteiger partial charge in [0, 0.05) is 51.4 Å². The van der Waals surface area contributed by atoms with Crippen molar-refractivity contribution < 1.29 is 9.90 Å². The summed E-state index contributed by atoms with van der Waals surface area (Å²) >= 11 is 6.45. The van der Waals surface area contributed by atoms with Gasteiger partial charge >= 0.3 is 0 Å². The molecule has 3 N–H and O–H groups in total. The second-order valence-corrected chi connectivity index (χ2v) is 8.82. The number of amides is 1. The lowest BCUT2D eigenvalue weighted by Gasteiger charge is -2.34. The van der Waals surface area contributed by atoms with Gasteiger partial charge in [-0.2, -0.15) is 5.26 Å². The van der Waals surface area contributed by atoms with Crippen LogP contribution in [0.15, 0.2) is 24.4 Å². The number of aliphatic hydroxyl groups excluding tert-OH is 1. The number of piperazine rings is 1. The molecule has 10 heteroatoms. The smallest absolute Gasteiger partial charge is 0.266 e. The topological polar surface area (TPSA) is 117 Å². The molecule has 1 aromatic carbocycles. The van der Waals surface area contributed by atoms with E-state index in [1.807, 2.05) is 18.2 Å². The van der Waals surface area contributed by atoms with Crippen LogP contribution in [0.4, 0.5) is 0 Å². The van der Waals surface area contributed by atoms with Crippen molar-refractivity contribution in [2.45, 2.75) is 20.4 Å². The van der Waals surface area contributed by atoms with Gasteiger partial charge in [0.05, 0.1) is 29.1 Å². The maximum Gasteiger partial charge on any atom is 0.266 e. The molecular weight excluding hydrogens is 442 g/mol. The lowest BCUT2D eigenvalue weighted by molar-refractivity contribution is 0.0931. The minimum absolute atomic E-state index is 0.00823. The third kappa shape index (κ3) is 6.69. The molecule has 0 unspecified atom stereocenters. The summed E-state index contributed by atoms with van der Waals surface area (Å²) in [7, 11) is 0. The summed E-state index contributed by atoms with van der Waals surface area (Å²) < 4.78 is 0. The molecule has 1 aliphatic rings. The van der Waals surface area contributed by atoms with Crippen molar-refractivity contribution in [3.63, 3.8) is 0 Å². The summed E-state index contributed by atoms with van der Waals surface area (Å²) in [6.45, 7) is 9.57. The summed E-state index contributed by atoms with van der Waals surface area (Å²) in [4.78, 5) is 25.9. The minimum atomic E-state index is -0.298. The van der Waals surface area contributed by atoms with Crippen LogP contribution in [0.3, 0.4) is 0 Å². The lowest BCUT2D eigenvalue weighted by atomic mass is 9.96. The van der Waals surface area contributed by atoms with E-state index in [0.29, 0.717) is 42.4 Å². The van der Waals surface area contributed by atoms with Crippen molar-refractivity contribution in [3.05, 3.63) is 46.4 Å². The zero-order valence-electron chi connectivity index (χ0n) is 19.0. The molecule has 1 fully saturated rings. The molecule has 33 heavy (non-hydrogen) atoms. The van der Waals surface area contributed by atoms with Crippen molar-refractivity contribution >= 4 is 17.5 Å². The number of aliphatic hydroxyl groups is 1. The first-order chi connectivity index (χ1) is 15.9. The molecule has 2 heterocycles. The fourth-order valence-electron chi connectivity index (χ4n) is 3.75. The third-order valence-electron chi connectivity index (χ3n) is 5.46. The van der Waals surface area contributed by atoms with E-state index < -0.39 is 0 Å². The average molecular weight is 472 g/mol. The van der Waals surface area contributed by atoms with Crippen molar-refractivity contribution in [2.24, 2.45) is 5.92 Å². The first kappa shape index (κ1) is 25.0. The zero-order valence-corrected chi connectivity index (χ0v) is 19.8. The molecule has 0 radical (unpaired) electrons. The lowest BCUT2D eigenvalue weighted by Crippen LogP contribution is -2.46. The molecule has 9 nitrogen and oxygen atoms in total. The van der Waals surface area contributed by atoms with Gasteiger partial charge in [-0.15, -0.1) is 0 Å². The van der Waals surface area contributed by atoms with Crippen molar-refractivity contribution in [1.82, 2.24) is 30.6 Å². The Kier molecular flexibility index (Phi) is 9.11. The number of halogens is 1. The van der Waals surface area contributed by atoms with Crippen LogP contribution in [0.1, 0.15) is 35.6 Å². The number of hydrazine groups is 1. The van der Waals surface area contributed by atoms with Crippen LogP contribution in [0.5, 0.6) is 0 Å². The summed E-state index contributed by atoms with van der Waals surface area (Å²) in [5, 5.41) is 18.8. The van der Waals surface area contributed by atoms with Gasteiger partial charge < -0.3 is 5.11 Å². The van der Waals surface area contributed by atoms with E-state index in [1.165, 1.54) is 6.20 Å². The third-order valence-corrected chi connectivity index (χ3v) is 5.74. The Morgan fingerprint density at radius 1 is 1.27 bits per heavy atom. The zero-order chi connectivity index (χ0) is 23.8. The van der Waals surface area contributed by atoms with Crippen LogP contribution in [0, 0.1) is 17.2 Å². The van der Waals surface area contributed by atoms with Gasteiger partial charge in [0.25, 0.3) is 5.91 Å². The summed E-state index contributed by atoms with van der Waals surface area (Å²) in [6, 6.07) is 7.48. The Labute approximate surface area is 199 Å². The van der Waals surface area contributed by atoms with Gasteiger partial charge in [-0.3, -0.25) is 20.0 Å². The van der Waals surface area contributed by atoms with Crippen molar-refractivity contribution in [1.29, 1.82) is 5.26 Å². The first-order valence-electron chi connectivity index (χ1n) is 11.1. The summed E-state index contributed by atoms with van der Waals surface area (Å²) in [6.07, 6.45) is 1.39. The second kappa shape index (κ2) is 12.0. The number of β-amino-alcohol motifs (C(OH)–C–C–N with tert-alkyl or cyclic N) is 1. The van der Waals surface area contributed by atoms with E-state index in [0.717, 1.165) is 31.7 Å². The van der Waals surface area contributed by atoms with Gasteiger partial charge in [-0.1, -0.05) is 37.6 Å². The summed E-state index contributed by atoms with van der Waals surface area (Å²) in [5.74, 6) is 0.0645. The Bertz CT molecular complexity index is 1000. The van der Waals surface area contributed by atoms with Gasteiger partial charge in [0.15, 0.2) is 0 Å². The number of nitriles is 1. The molecule has 1 amide bonds. The summed E-state index contributed by atoms with van der Waals surface area (Å²) in [5.41, 5.74) is 8.00. The Balaban J connectivity index is 1.94. The number of hydrogen-bond acceptors (Lipinski definition) is 8. The van der Waals surface area contributed by atoms with Crippen LogP contribution in [0.2, 0.25) is 5.02 Å². The number of carbonyl (C=O) groups excluding carboxylic acids is 1. The molecule has 0 aliphatic carbocycles. The fourth-order valence-corrected chi connectivity index (χ4v) is 3.94. The van der Waals surface area contributed by atoms with E-state index in [4.69, 9.17) is 11.6 Å². The minimum Gasteiger partial charge on any atom is -0.395 e. The molecule has 0 saturated carbocycles. The quantitative estimate of drug-likeness (QED) is 0.473. The van der Waals surface area contributed by atoms with Gasteiger partial charge in [-0.05, 0) is 17.5 Å². The molecule has 2 aromatic rings. The highest BCUT2D eigenvalue weighted by molar-refractivity contribution is 6.33. The molecule has 3 rings (SSSR count). The Morgan fingerprint density at radius 2 is 2.00 bits per heavy atom. The van der Waals surface area contributed by atoms with Crippen molar-refractivity contribution in [2.75, 3.05) is 45.9 Å². The molecular formula is C23H30ClN7O2. The maximum absolute atomic E-state index is 13.1. The highest BCUT2D eigenvalue weighted by atomic mass is 35.5. The van der Waals surface area contributed by atoms with Gasteiger partial charge in [0.2, 0.25) is 5.82 Å². The second-order valence-electron chi connectivity index (χ2n) is 8.41. The molecule has 0 spiro atoms. The standard InChI is InChI=1S/C23H30ClN7O2/c1-16(2)13-27-29-23(33)18-5-3-4-17(15-31-8-6-30(7-9-31)10-11-32)21(18)22-19(24)14-26-20(12-25)28-22/h3-5,14,16,27,32H,6-11,13,15H2,1-2H3,(H,29,33). The highest BCUT2D eigenvalue weighted by Gasteiger charge is 2.23. The monoisotopic (exact) mass is 471 g/mol. The number of nitrogens with zero attached hydrogens (tertiary/aromatic N) is 5. The Morgan fingerprint density at radius 3 is 2.67 bits per heavy atom. The normalized spacial score (nSPS) is 14.9. The van der Waals surface area contributed by atoms with Crippen LogP contribution in [-0.2, 0) is 6.54 Å². The predicted molar refractivity (Wildman–Crippen MR) is 126 cm³/mol. The van der Waals surface area contributed by atoms with E-state index in [-0.39, 0.29) is 23.4 Å². The maximum atomic E-state index is 13.1. The van der Waals surface area contributed by atoms with Crippen LogP contribution >= 0.6 is 11.6 Å². The van der Waals surface area contributed by atoms with E-state index >= 15 is 0 Å². The van der Waals surface area contributed by atoms with E-state index in [1.54, 1.807) is 6.07 Å². The largest absolute Gasteiger partial charge is 0.395 e. The molecule has 1 saturated heterocycles.